The molecule has 2 rings (SSSR count). The topological polar surface area (TPSA) is 155 Å². The highest BCUT2D eigenvalue weighted by Crippen LogP contribution is 2.53. The van der Waals surface area contributed by atoms with Crippen LogP contribution < -0.4 is 11.4 Å². The summed E-state index contributed by atoms with van der Waals surface area (Å²) >= 11 is 33.4. The molecule has 0 aromatic carbocycles. The minimum atomic E-state index is -4.50. The highest BCUT2D eigenvalue weighted by atomic mass is 35.6. The van der Waals surface area contributed by atoms with E-state index in [4.69, 9.17) is 93.6 Å². The lowest BCUT2D eigenvalue weighted by atomic mass is 10.1. The Balaban J connectivity index is 2.10. The average molecular weight is 586 g/mol. The predicted octanol–water partition coefficient (Wildman–Crippen LogP) is 2.34. The Labute approximate surface area is 205 Å². The van der Waals surface area contributed by atoms with Gasteiger partial charge in [0.1, 0.15) is 37.3 Å². The van der Waals surface area contributed by atoms with Gasteiger partial charge in [-0.15, -0.1) is 0 Å². The summed E-state index contributed by atoms with van der Waals surface area (Å²) in [6, 6.07) is 1.29. The summed E-state index contributed by atoms with van der Waals surface area (Å²) < 4.78 is 30.1. The SMILES string of the molecule is Nc1ccn([C@@H]2O[C@H](COP(=O)(OCC(Cl)(Cl)Cl)OCC(Cl)(Cl)Cl)[C@@H](O)[C@@H]2O)c(=O)n1. The van der Waals surface area contributed by atoms with Gasteiger partial charge in [-0.05, 0) is 6.07 Å². The molecule has 18 heteroatoms. The van der Waals surface area contributed by atoms with Gasteiger partial charge in [0.25, 0.3) is 0 Å². The largest absolute Gasteiger partial charge is 0.475 e. The second-order valence-electron chi connectivity index (χ2n) is 6.11. The number of phosphoric acid groups is 1. The van der Waals surface area contributed by atoms with E-state index in [1.54, 1.807) is 0 Å². The minimum Gasteiger partial charge on any atom is -0.387 e. The van der Waals surface area contributed by atoms with E-state index in [-0.39, 0.29) is 5.82 Å². The van der Waals surface area contributed by atoms with Gasteiger partial charge in [-0.25, -0.2) is 9.36 Å². The number of hydrogen-bond acceptors (Lipinski definition) is 10. The zero-order chi connectivity index (χ0) is 23.6. The molecule has 2 heterocycles. The van der Waals surface area contributed by atoms with Crippen LogP contribution in [0.5, 0.6) is 0 Å². The van der Waals surface area contributed by atoms with Gasteiger partial charge in [-0.3, -0.25) is 18.1 Å². The maximum Gasteiger partial charge on any atom is 0.475 e. The van der Waals surface area contributed by atoms with E-state index in [1.807, 2.05) is 0 Å². The summed E-state index contributed by atoms with van der Waals surface area (Å²) in [6.45, 7) is -2.09. The van der Waals surface area contributed by atoms with Gasteiger partial charge >= 0.3 is 13.5 Å². The monoisotopic (exact) mass is 583 g/mol. The first kappa shape index (κ1) is 27.7. The number of alkyl halides is 6. The van der Waals surface area contributed by atoms with Crippen LogP contribution in [0.4, 0.5) is 5.82 Å². The first-order valence-electron chi connectivity index (χ1n) is 8.14. The van der Waals surface area contributed by atoms with Gasteiger partial charge in [0.15, 0.2) is 6.23 Å². The lowest BCUT2D eigenvalue weighted by Gasteiger charge is -2.23. The fourth-order valence-electron chi connectivity index (χ4n) is 2.30. The molecule has 0 amide bonds. The lowest BCUT2D eigenvalue weighted by molar-refractivity contribution is -0.0561. The number of aliphatic hydroxyl groups is 2. The second-order valence-corrected chi connectivity index (χ2v) is 12.8. The molecular weight excluding hydrogens is 570 g/mol. The van der Waals surface area contributed by atoms with Crippen LogP contribution in [0, 0.1) is 0 Å². The second kappa shape index (κ2) is 10.8. The van der Waals surface area contributed by atoms with Gasteiger partial charge in [-0.1, -0.05) is 69.6 Å². The zero-order valence-electron chi connectivity index (χ0n) is 15.1. The first-order valence-corrected chi connectivity index (χ1v) is 11.9. The van der Waals surface area contributed by atoms with Crippen molar-refractivity contribution in [3.63, 3.8) is 0 Å². The summed E-state index contributed by atoms with van der Waals surface area (Å²) in [5.74, 6) is -0.0488. The van der Waals surface area contributed by atoms with Gasteiger partial charge in [0.05, 0.1) is 6.61 Å². The molecule has 0 unspecified atom stereocenters. The molecule has 0 radical (unpaired) electrons. The zero-order valence-corrected chi connectivity index (χ0v) is 20.5. The van der Waals surface area contributed by atoms with Crippen LogP contribution in [-0.2, 0) is 22.9 Å². The number of hydrogen-bond donors (Lipinski definition) is 3. The molecule has 1 fully saturated rings. The van der Waals surface area contributed by atoms with Crippen molar-refractivity contribution < 1.29 is 33.1 Å². The number of nitrogen functional groups attached to an aromatic ring is 1. The van der Waals surface area contributed by atoms with Crippen molar-refractivity contribution in [2.24, 2.45) is 0 Å². The molecule has 1 saturated heterocycles. The van der Waals surface area contributed by atoms with E-state index in [9.17, 15) is 19.6 Å². The number of aromatic nitrogens is 2. The number of nitrogens with two attached hydrogens (primary N) is 1. The minimum absolute atomic E-state index is 0.0488. The number of phosphoric ester groups is 1. The maximum absolute atomic E-state index is 12.8. The molecule has 1 aliphatic heterocycles. The van der Waals surface area contributed by atoms with Crippen molar-refractivity contribution in [2.45, 2.75) is 32.1 Å². The van der Waals surface area contributed by atoms with Crippen LogP contribution in [-0.4, -0.2) is 65.5 Å². The fourth-order valence-corrected chi connectivity index (χ4v) is 4.34. The van der Waals surface area contributed by atoms with E-state index in [1.165, 1.54) is 12.3 Å². The van der Waals surface area contributed by atoms with Crippen LogP contribution >= 0.6 is 77.4 Å². The van der Waals surface area contributed by atoms with Crippen LogP contribution in [0.2, 0.25) is 0 Å². The van der Waals surface area contributed by atoms with E-state index in [2.05, 4.69) is 4.98 Å². The van der Waals surface area contributed by atoms with Crippen molar-refractivity contribution in [3.8, 4) is 0 Å². The van der Waals surface area contributed by atoms with Crippen LogP contribution in [0.3, 0.4) is 0 Å². The Morgan fingerprint density at radius 2 is 1.65 bits per heavy atom. The highest BCUT2D eigenvalue weighted by Gasteiger charge is 2.46. The summed E-state index contributed by atoms with van der Waals surface area (Å²) in [4.78, 5) is 15.5. The number of halogens is 6. The van der Waals surface area contributed by atoms with Crippen molar-refractivity contribution in [1.82, 2.24) is 9.55 Å². The van der Waals surface area contributed by atoms with Gasteiger partial charge in [0, 0.05) is 6.20 Å². The molecule has 4 N–H and O–H groups in total. The van der Waals surface area contributed by atoms with E-state index in [0.29, 0.717) is 0 Å². The average Bonchev–Trinajstić information content (AvgIpc) is 2.91. The fraction of sp³-hybridized carbons (Fsp3) is 0.692. The summed E-state index contributed by atoms with van der Waals surface area (Å²) in [6.07, 6.45) is -4.55. The number of rotatable bonds is 8. The van der Waals surface area contributed by atoms with Crippen molar-refractivity contribution in [2.75, 3.05) is 25.6 Å². The maximum atomic E-state index is 12.8. The molecule has 0 bridgehead atoms. The van der Waals surface area contributed by atoms with Gasteiger partial charge in [-0.2, -0.15) is 4.98 Å². The summed E-state index contributed by atoms with van der Waals surface area (Å²) in [7, 11) is -4.50. The highest BCUT2D eigenvalue weighted by molar-refractivity contribution is 7.48. The quantitative estimate of drug-likeness (QED) is 0.306. The molecule has 1 aliphatic rings. The van der Waals surface area contributed by atoms with Gasteiger partial charge in [0.2, 0.25) is 7.59 Å². The first-order chi connectivity index (χ1) is 14.1. The Bertz CT molecular complexity index is 843. The number of aliphatic hydroxyl groups excluding tert-OH is 2. The molecule has 11 nitrogen and oxygen atoms in total. The molecule has 0 saturated carbocycles. The number of nitrogens with zero attached hydrogens (tertiary/aromatic N) is 2. The molecule has 4 atom stereocenters. The molecule has 1 aromatic rings. The van der Waals surface area contributed by atoms with E-state index in [0.717, 1.165) is 4.57 Å². The molecule has 31 heavy (non-hydrogen) atoms. The molecule has 1 aromatic heterocycles. The Kier molecular flexibility index (Phi) is 9.61. The molecule has 0 spiro atoms. The molecule has 178 valence electrons. The normalized spacial score (nSPS) is 25.2. The Hall–Kier alpha value is 0.410. The number of anilines is 1. The van der Waals surface area contributed by atoms with Gasteiger partial charge < -0.3 is 20.7 Å². The third-order valence-electron chi connectivity index (χ3n) is 3.63. The van der Waals surface area contributed by atoms with Crippen LogP contribution in [0.15, 0.2) is 17.1 Å². The Morgan fingerprint density at radius 3 is 2.13 bits per heavy atom. The third kappa shape index (κ3) is 8.60. The number of ether oxygens (including phenoxy) is 1. The summed E-state index contributed by atoms with van der Waals surface area (Å²) in [5.41, 5.74) is 4.58. The summed E-state index contributed by atoms with van der Waals surface area (Å²) in [5, 5.41) is 20.5. The Morgan fingerprint density at radius 1 is 1.10 bits per heavy atom. The smallest absolute Gasteiger partial charge is 0.387 e. The van der Waals surface area contributed by atoms with E-state index < -0.39 is 65.5 Å². The third-order valence-corrected chi connectivity index (χ3v) is 5.64. The van der Waals surface area contributed by atoms with Crippen LogP contribution in [0.25, 0.3) is 0 Å². The van der Waals surface area contributed by atoms with Crippen LogP contribution in [0.1, 0.15) is 6.23 Å². The molecular formula is C13H16Cl6N3O8P. The standard InChI is InChI=1S/C13H16Cl6N3O8P/c14-12(15,16)4-28-31(26,29-5-13(17,18)19)27-3-6-8(23)9(24)10(30-6)22-2-1-7(20)21-11(22)25/h1-2,6,8-10,23-24H,3-5H2,(H2,20,21,25)/t6-,8-,9+,10-/m1/s1. The lowest BCUT2D eigenvalue weighted by Crippen LogP contribution is -2.36. The molecule has 0 aliphatic carbocycles. The van der Waals surface area contributed by atoms with Crippen molar-refractivity contribution in [1.29, 1.82) is 0 Å². The predicted molar refractivity (Wildman–Crippen MR) is 115 cm³/mol. The van der Waals surface area contributed by atoms with Crippen molar-refractivity contribution in [3.05, 3.63) is 22.7 Å². The van der Waals surface area contributed by atoms with Crippen molar-refractivity contribution >= 4 is 83.2 Å². The van der Waals surface area contributed by atoms with E-state index >= 15 is 0 Å².